The molecule has 2 aliphatic rings. The molecule has 2 rings (SSSR count). The van der Waals surface area contributed by atoms with Gasteiger partial charge in [0.05, 0.1) is 26.9 Å². The van der Waals surface area contributed by atoms with Crippen LogP contribution in [0.25, 0.3) is 0 Å². The zero-order chi connectivity index (χ0) is 9.31. The van der Waals surface area contributed by atoms with Crippen molar-refractivity contribution in [3.8, 4) is 0 Å². The fraction of sp³-hybridized carbons (Fsp3) is 0.875. The van der Waals surface area contributed by atoms with Crippen molar-refractivity contribution in [2.45, 2.75) is 18.2 Å². The summed E-state index contributed by atoms with van der Waals surface area (Å²) in [6.45, 7) is 1.78. The van der Waals surface area contributed by atoms with E-state index < -0.39 is 5.79 Å². The minimum atomic E-state index is -0.571. The van der Waals surface area contributed by atoms with Gasteiger partial charge < -0.3 is 14.2 Å². The van der Waals surface area contributed by atoms with Gasteiger partial charge in [-0.2, -0.15) is 0 Å². The average molecular weight is 187 g/mol. The van der Waals surface area contributed by atoms with E-state index in [2.05, 4.69) is 10.1 Å². The Hall–Kier alpha value is -0.650. The van der Waals surface area contributed by atoms with E-state index in [1.165, 1.54) is 7.11 Å². The number of ether oxygens (including phenoxy) is 3. The lowest BCUT2D eigenvalue weighted by atomic mass is 10.1. The second-order valence-electron chi connectivity index (χ2n) is 3.27. The molecule has 5 nitrogen and oxygen atoms in total. The van der Waals surface area contributed by atoms with Crippen molar-refractivity contribution in [3.05, 3.63) is 0 Å². The van der Waals surface area contributed by atoms with Crippen LogP contribution in [0.1, 0.15) is 6.42 Å². The normalized spacial score (nSPS) is 31.0. The van der Waals surface area contributed by atoms with Crippen molar-refractivity contribution < 1.29 is 19.0 Å². The fourth-order valence-electron chi connectivity index (χ4n) is 1.76. The largest absolute Gasteiger partial charge is 0.468 e. The Labute approximate surface area is 76.3 Å². The van der Waals surface area contributed by atoms with Crippen LogP contribution in [0, 0.1) is 0 Å². The van der Waals surface area contributed by atoms with Gasteiger partial charge in [0.1, 0.15) is 6.04 Å². The molecule has 5 heteroatoms. The molecule has 0 radical (unpaired) electrons. The second-order valence-corrected chi connectivity index (χ2v) is 3.27. The number of hydrogen-bond donors (Lipinski definition) is 1. The molecule has 2 heterocycles. The first kappa shape index (κ1) is 8.93. The highest BCUT2D eigenvalue weighted by Gasteiger charge is 2.46. The van der Waals surface area contributed by atoms with E-state index in [0.717, 1.165) is 0 Å². The molecule has 2 fully saturated rings. The molecule has 0 aliphatic carbocycles. The number of esters is 1. The van der Waals surface area contributed by atoms with Crippen LogP contribution in [0.15, 0.2) is 0 Å². The molecule has 13 heavy (non-hydrogen) atoms. The molecule has 0 unspecified atom stereocenters. The van der Waals surface area contributed by atoms with Crippen LogP contribution in [0.5, 0.6) is 0 Å². The number of carbonyl (C=O) groups is 1. The Morgan fingerprint density at radius 2 is 2.23 bits per heavy atom. The molecule has 2 saturated heterocycles. The summed E-state index contributed by atoms with van der Waals surface area (Å²) >= 11 is 0. The number of methoxy groups -OCH3 is 1. The van der Waals surface area contributed by atoms with Crippen molar-refractivity contribution in [2.75, 3.05) is 26.9 Å². The minimum Gasteiger partial charge on any atom is -0.468 e. The first-order valence-corrected chi connectivity index (χ1v) is 4.35. The summed E-state index contributed by atoms with van der Waals surface area (Å²) in [5.41, 5.74) is 0. The topological polar surface area (TPSA) is 56.8 Å². The number of hydrogen-bond acceptors (Lipinski definition) is 5. The Kier molecular flexibility index (Phi) is 2.23. The molecule has 1 atom stereocenters. The van der Waals surface area contributed by atoms with E-state index in [-0.39, 0.29) is 12.0 Å². The SMILES string of the molecule is COC(=O)[C@H]1CC2(CN1)OCCO2. The smallest absolute Gasteiger partial charge is 0.323 e. The van der Waals surface area contributed by atoms with Gasteiger partial charge in [-0.05, 0) is 0 Å². The van der Waals surface area contributed by atoms with Crippen molar-refractivity contribution in [1.82, 2.24) is 5.32 Å². The number of rotatable bonds is 1. The molecular formula is C8H13NO4. The third kappa shape index (κ3) is 1.54. The van der Waals surface area contributed by atoms with Gasteiger partial charge in [-0.25, -0.2) is 0 Å². The maximum Gasteiger partial charge on any atom is 0.323 e. The summed E-state index contributed by atoms with van der Waals surface area (Å²) in [6.07, 6.45) is 0.541. The van der Waals surface area contributed by atoms with E-state index in [1.807, 2.05) is 0 Å². The molecule has 0 amide bonds. The molecule has 0 aromatic carbocycles. The van der Waals surface area contributed by atoms with Crippen LogP contribution >= 0.6 is 0 Å². The standard InChI is InChI=1S/C8H13NO4/c1-11-7(10)6-4-8(5-9-6)12-2-3-13-8/h6,9H,2-5H2,1H3/t6-/m1/s1. The summed E-state index contributed by atoms with van der Waals surface area (Å²) < 4.78 is 15.5. The Balaban J connectivity index is 1.96. The first-order valence-electron chi connectivity index (χ1n) is 4.35. The van der Waals surface area contributed by atoms with Gasteiger partial charge in [0.2, 0.25) is 0 Å². The summed E-state index contributed by atoms with van der Waals surface area (Å²) in [6, 6.07) is -0.289. The Bertz CT molecular complexity index is 212. The van der Waals surface area contributed by atoms with E-state index in [1.54, 1.807) is 0 Å². The van der Waals surface area contributed by atoms with Crippen LogP contribution in [0.2, 0.25) is 0 Å². The van der Waals surface area contributed by atoms with Gasteiger partial charge in [-0.3, -0.25) is 10.1 Å². The van der Waals surface area contributed by atoms with Crippen molar-refractivity contribution >= 4 is 5.97 Å². The lowest BCUT2D eigenvalue weighted by molar-refractivity contribution is -0.152. The van der Waals surface area contributed by atoms with Gasteiger partial charge in [-0.15, -0.1) is 0 Å². The van der Waals surface area contributed by atoms with E-state index in [9.17, 15) is 4.79 Å². The van der Waals surface area contributed by atoms with Crippen LogP contribution < -0.4 is 5.32 Å². The van der Waals surface area contributed by atoms with E-state index >= 15 is 0 Å². The van der Waals surface area contributed by atoms with Gasteiger partial charge >= 0.3 is 5.97 Å². The van der Waals surface area contributed by atoms with Crippen molar-refractivity contribution in [2.24, 2.45) is 0 Å². The minimum absolute atomic E-state index is 0.254. The molecule has 0 aromatic rings. The molecule has 0 bridgehead atoms. The number of nitrogens with one attached hydrogen (secondary N) is 1. The molecular weight excluding hydrogens is 174 g/mol. The molecule has 1 spiro atoms. The van der Waals surface area contributed by atoms with Crippen LogP contribution in [0.4, 0.5) is 0 Å². The summed E-state index contributed by atoms with van der Waals surface area (Å²) in [7, 11) is 1.38. The molecule has 1 N–H and O–H groups in total. The molecule has 0 aromatic heterocycles. The van der Waals surface area contributed by atoms with E-state index in [4.69, 9.17) is 9.47 Å². The summed E-state index contributed by atoms with van der Waals surface area (Å²) in [4.78, 5) is 11.2. The predicted octanol–water partition coefficient (Wildman–Crippen LogP) is -0.736. The molecule has 2 aliphatic heterocycles. The Morgan fingerprint density at radius 3 is 2.85 bits per heavy atom. The highest BCUT2D eigenvalue weighted by Crippen LogP contribution is 2.29. The highest BCUT2D eigenvalue weighted by atomic mass is 16.7. The lowest BCUT2D eigenvalue weighted by Gasteiger charge is -2.19. The van der Waals surface area contributed by atoms with Gasteiger partial charge in [0, 0.05) is 6.42 Å². The van der Waals surface area contributed by atoms with Gasteiger partial charge in [0.25, 0.3) is 0 Å². The molecule has 0 saturated carbocycles. The summed E-state index contributed by atoms with van der Waals surface area (Å²) in [5.74, 6) is -0.824. The maximum absolute atomic E-state index is 11.2. The quantitative estimate of drug-likeness (QED) is 0.548. The van der Waals surface area contributed by atoms with Crippen molar-refractivity contribution in [3.63, 3.8) is 0 Å². The van der Waals surface area contributed by atoms with Gasteiger partial charge in [-0.1, -0.05) is 0 Å². The first-order chi connectivity index (χ1) is 6.26. The maximum atomic E-state index is 11.2. The number of carbonyl (C=O) groups excluding carboxylic acids is 1. The second kappa shape index (κ2) is 3.25. The van der Waals surface area contributed by atoms with E-state index in [0.29, 0.717) is 26.2 Å². The van der Waals surface area contributed by atoms with Gasteiger partial charge in [0.15, 0.2) is 5.79 Å². The monoisotopic (exact) mass is 187 g/mol. The zero-order valence-corrected chi connectivity index (χ0v) is 7.54. The Morgan fingerprint density at radius 1 is 1.54 bits per heavy atom. The highest BCUT2D eigenvalue weighted by molar-refractivity contribution is 5.76. The fourth-order valence-corrected chi connectivity index (χ4v) is 1.76. The van der Waals surface area contributed by atoms with Crippen LogP contribution in [-0.4, -0.2) is 44.7 Å². The lowest BCUT2D eigenvalue weighted by Crippen LogP contribution is -2.32. The summed E-state index contributed by atoms with van der Waals surface area (Å²) in [5, 5.41) is 3.02. The third-order valence-corrected chi connectivity index (χ3v) is 2.43. The molecule has 74 valence electrons. The third-order valence-electron chi connectivity index (χ3n) is 2.43. The van der Waals surface area contributed by atoms with Crippen LogP contribution in [-0.2, 0) is 19.0 Å². The van der Waals surface area contributed by atoms with Crippen LogP contribution in [0.3, 0.4) is 0 Å². The van der Waals surface area contributed by atoms with Crippen molar-refractivity contribution in [1.29, 1.82) is 0 Å². The average Bonchev–Trinajstić information content (AvgIpc) is 2.76. The predicted molar refractivity (Wildman–Crippen MR) is 43.1 cm³/mol. The zero-order valence-electron chi connectivity index (χ0n) is 7.54.